The summed E-state index contributed by atoms with van der Waals surface area (Å²) in [6.45, 7) is 4.04. The van der Waals surface area contributed by atoms with Gasteiger partial charge in [-0.25, -0.2) is 0 Å². The lowest BCUT2D eigenvalue weighted by atomic mass is 9.79. The van der Waals surface area contributed by atoms with E-state index in [0.29, 0.717) is 0 Å². The van der Waals surface area contributed by atoms with E-state index >= 15 is 0 Å². The summed E-state index contributed by atoms with van der Waals surface area (Å²) in [5.41, 5.74) is 15.9. The van der Waals surface area contributed by atoms with E-state index in [9.17, 15) is 0 Å². The molecule has 3 aliphatic carbocycles. The summed E-state index contributed by atoms with van der Waals surface area (Å²) < 4.78 is 2.53. The molecule has 0 saturated heterocycles. The molecule has 0 spiro atoms. The average molecular weight is 676 g/mol. The van der Waals surface area contributed by atoms with E-state index in [1.54, 1.807) is 0 Å². The van der Waals surface area contributed by atoms with Gasteiger partial charge in [-0.05, 0) is 87.8 Å². The van der Waals surface area contributed by atoms with Crippen LogP contribution in [0, 0.1) is 0 Å². The van der Waals surface area contributed by atoms with Crippen LogP contribution in [0.5, 0.6) is 0 Å². The van der Waals surface area contributed by atoms with Crippen molar-refractivity contribution in [2.75, 3.05) is 0 Å². The Kier molecular flexibility index (Phi) is 5.88. The fraction of sp³-hybridized carbons (Fsp3) is 0.0800. The van der Waals surface area contributed by atoms with E-state index in [4.69, 9.17) is 4.99 Å². The molecule has 0 bridgehead atoms. The number of hydrogen-bond donors (Lipinski definition) is 0. The second kappa shape index (κ2) is 10.7. The summed E-state index contributed by atoms with van der Waals surface area (Å²) in [7, 11) is 0. The number of para-hydroxylation sites is 2. The summed E-state index contributed by atoms with van der Waals surface area (Å²) in [4.78, 5) is 9.83. The molecule has 2 heterocycles. The van der Waals surface area contributed by atoms with Gasteiger partial charge in [-0.1, -0.05) is 121 Å². The summed E-state index contributed by atoms with van der Waals surface area (Å²) in [5.74, 6) is 0.152. The Morgan fingerprint density at radius 2 is 1.40 bits per heavy atom. The van der Waals surface area contributed by atoms with Gasteiger partial charge in [0.25, 0.3) is 0 Å². The maximum absolute atomic E-state index is 5.21. The lowest BCUT2D eigenvalue weighted by molar-refractivity contribution is 0.735. The summed E-state index contributed by atoms with van der Waals surface area (Å²) in [6.07, 6.45) is 11.2. The van der Waals surface area contributed by atoms with Crippen molar-refractivity contribution in [3.05, 3.63) is 173 Å². The van der Waals surface area contributed by atoms with Gasteiger partial charge in [-0.2, -0.15) is 0 Å². The van der Waals surface area contributed by atoms with Crippen molar-refractivity contribution in [1.29, 1.82) is 0 Å². The third-order valence-corrected chi connectivity index (χ3v) is 12.2. The van der Waals surface area contributed by atoms with Gasteiger partial charge in [0.05, 0.1) is 27.9 Å². The second-order valence-corrected chi connectivity index (χ2v) is 14.8. The van der Waals surface area contributed by atoms with Crippen LogP contribution in [0.3, 0.4) is 0 Å². The van der Waals surface area contributed by atoms with E-state index < -0.39 is 0 Å². The van der Waals surface area contributed by atoms with Gasteiger partial charge in [0, 0.05) is 56.1 Å². The van der Waals surface area contributed by atoms with E-state index in [1.165, 1.54) is 87.5 Å². The standard InChI is InChI=1S/C50H33N3/c1-51-48-39-27-26-33(35-18-11-19-38(45(35)39)49(48)52-31-13-3-2-4-14-31)36-25-24-30-23-22-29-12-5-6-15-32(29)44(30)41-28-40-34-16-7-9-20-42(34)53-43-21-10-8-17-37(43)47(46(36)41)50(40)53/h2-13,15-23,26-28,36H,1,14,24-25H2/b52-31-. The highest BCUT2D eigenvalue weighted by Gasteiger charge is 2.34. The zero-order valence-corrected chi connectivity index (χ0v) is 29.1. The maximum Gasteiger partial charge on any atom is 0.0974 e. The number of nitrogens with zero attached hydrogens (tertiary/aromatic N) is 3. The Bertz CT molecular complexity index is 3220. The van der Waals surface area contributed by atoms with E-state index in [1.807, 2.05) is 0 Å². The third-order valence-electron chi connectivity index (χ3n) is 12.2. The molecule has 3 heteroatoms. The topological polar surface area (TPSA) is 29.1 Å². The maximum atomic E-state index is 5.21. The lowest BCUT2D eigenvalue weighted by Crippen LogP contribution is -2.05. The van der Waals surface area contributed by atoms with Crippen molar-refractivity contribution in [3.8, 4) is 11.1 Å². The van der Waals surface area contributed by atoms with Crippen LogP contribution in [0.4, 0.5) is 0 Å². The van der Waals surface area contributed by atoms with Crippen LogP contribution in [0.1, 0.15) is 46.6 Å². The van der Waals surface area contributed by atoms with Crippen LogP contribution in [-0.2, 0) is 6.42 Å². The Hall–Kier alpha value is -6.58. The molecule has 1 atom stereocenters. The molecule has 0 saturated carbocycles. The minimum absolute atomic E-state index is 0.152. The van der Waals surface area contributed by atoms with Crippen LogP contribution in [0.2, 0.25) is 0 Å². The van der Waals surface area contributed by atoms with E-state index in [2.05, 4.69) is 162 Å². The molecule has 3 nitrogen and oxygen atoms in total. The van der Waals surface area contributed by atoms with E-state index in [0.717, 1.165) is 47.5 Å². The van der Waals surface area contributed by atoms with Gasteiger partial charge in [-0.15, -0.1) is 0 Å². The molecule has 0 N–H and O–H groups in total. The van der Waals surface area contributed by atoms with Crippen molar-refractivity contribution in [3.63, 3.8) is 0 Å². The molecule has 0 radical (unpaired) electrons. The Morgan fingerprint density at radius 1 is 0.623 bits per heavy atom. The van der Waals surface area contributed by atoms with Crippen molar-refractivity contribution in [2.45, 2.75) is 25.2 Å². The van der Waals surface area contributed by atoms with E-state index in [-0.39, 0.29) is 5.92 Å². The zero-order valence-electron chi connectivity index (χ0n) is 29.1. The molecule has 9 aromatic rings. The Morgan fingerprint density at radius 3 is 2.25 bits per heavy atom. The lowest BCUT2D eigenvalue weighted by Gasteiger charge is -2.23. The first-order valence-corrected chi connectivity index (χ1v) is 18.7. The Labute approximate surface area is 306 Å². The molecular weight excluding hydrogens is 643 g/mol. The minimum atomic E-state index is 0.152. The summed E-state index contributed by atoms with van der Waals surface area (Å²) in [5, 5.41) is 10.5. The summed E-state index contributed by atoms with van der Waals surface area (Å²) in [6, 6.07) is 45.7. The monoisotopic (exact) mass is 675 g/mol. The molecule has 248 valence electrons. The van der Waals surface area contributed by atoms with Gasteiger partial charge in [0.15, 0.2) is 0 Å². The molecule has 0 aliphatic heterocycles. The number of allylic oxidation sites excluding steroid dienone is 4. The number of hydrogen-bond acceptors (Lipinski definition) is 2. The van der Waals surface area contributed by atoms with Gasteiger partial charge in [0.2, 0.25) is 0 Å². The first kappa shape index (κ1) is 29.0. The number of aliphatic imine (C=N–C) groups is 2. The molecular formula is C50H33N3. The highest BCUT2D eigenvalue weighted by molar-refractivity contribution is 6.27. The SMILES string of the molecule is C=NC1=C(/N=C2/C=CC=CC2)c2cccc3c(C4CCc5ccc6ccccc6c5-c5cc6c7ccccc7n7c8ccccc8c(c54)c67)ccc1c23. The van der Waals surface area contributed by atoms with Crippen molar-refractivity contribution < 1.29 is 0 Å². The largest absolute Gasteiger partial charge is 0.308 e. The molecule has 0 amide bonds. The first-order valence-electron chi connectivity index (χ1n) is 18.7. The van der Waals surface area contributed by atoms with Crippen LogP contribution in [-0.4, -0.2) is 16.8 Å². The van der Waals surface area contributed by atoms with Crippen molar-refractivity contribution in [2.24, 2.45) is 9.98 Å². The summed E-state index contributed by atoms with van der Waals surface area (Å²) >= 11 is 0. The Balaban J connectivity index is 1.21. The van der Waals surface area contributed by atoms with Crippen LogP contribution in [0.25, 0.3) is 82.2 Å². The third kappa shape index (κ3) is 3.84. The predicted molar refractivity (Wildman–Crippen MR) is 225 cm³/mol. The average Bonchev–Trinajstić information content (AvgIpc) is 3.79. The number of aryl methyl sites for hydroxylation is 1. The number of benzene rings is 7. The first-order chi connectivity index (χ1) is 26.3. The van der Waals surface area contributed by atoms with Gasteiger partial charge >= 0.3 is 0 Å². The molecule has 3 aliphatic rings. The molecule has 12 rings (SSSR count). The van der Waals surface area contributed by atoms with Gasteiger partial charge in [-0.3, -0.25) is 9.98 Å². The smallest absolute Gasteiger partial charge is 0.0974 e. The minimum Gasteiger partial charge on any atom is -0.308 e. The van der Waals surface area contributed by atoms with Gasteiger partial charge < -0.3 is 4.40 Å². The number of rotatable bonds is 3. The predicted octanol–water partition coefficient (Wildman–Crippen LogP) is 12.7. The fourth-order valence-electron chi connectivity index (χ4n) is 10.1. The molecule has 2 aromatic heterocycles. The zero-order chi connectivity index (χ0) is 34.8. The fourth-order valence-corrected chi connectivity index (χ4v) is 10.1. The van der Waals surface area contributed by atoms with Crippen LogP contribution >= 0.6 is 0 Å². The van der Waals surface area contributed by atoms with Crippen LogP contribution < -0.4 is 0 Å². The number of aromatic nitrogens is 1. The second-order valence-electron chi connectivity index (χ2n) is 14.8. The van der Waals surface area contributed by atoms with Crippen molar-refractivity contribution >= 4 is 83.5 Å². The number of fused-ring (bicyclic) bond motifs is 12. The van der Waals surface area contributed by atoms with Crippen LogP contribution in [0.15, 0.2) is 156 Å². The molecule has 7 aromatic carbocycles. The highest BCUT2D eigenvalue weighted by atomic mass is 14.9. The quantitative estimate of drug-likeness (QED) is 0.167. The molecule has 0 fully saturated rings. The normalized spacial score (nSPS) is 17.3. The highest BCUT2D eigenvalue weighted by Crippen LogP contribution is 2.54. The van der Waals surface area contributed by atoms with Gasteiger partial charge in [0.1, 0.15) is 0 Å². The molecule has 1 unspecified atom stereocenters. The molecule has 53 heavy (non-hydrogen) atoms. The van der Waals surface area contributed by atoms with Crippen molar-refractivity contribution in [1.82, 2.24) is 4.40 Å².